The summed E-state index contributed by atoms with van der Waals surface area (Å²) in [4.78, 5) is 31.0. The van der Waals surface area contributed by atoms with E-state index in [2.05, 4.69) is 86.4 Å². The van der Waals surface area contributed by atoms with Gasteiger partial charge in [0.1, 0.15) is 11.6 Å². The van der Waals surface area contributed by atoms with Crippen molar-refractivity contribution in [2.75, 3.05) is 61.0 Å². The van der Waals surface area contributed by atoms with Crippen LogP contribution < -0.4 is 25.8 Å². The number of hydrogen-bond acceptors (Lipinski definition) is 15. The van der Waals surface area contributed by atoms with Gasteiger partial charge in [-0.1, -0.05) is 66.7 Å². The Balaban J connectivity index is 0.000000157. The van der Waals surface area contributed by atoms with Crippen molar-refractivity contribution in [1.29, 1.82) is 0 Å². The maximum absolute atomic E-state index is 5.47. The number of hydrogen-bond donors (Lipinski definition) is 5. The zero-order valence-corrected chi connectivity index (χ0v) is 36.9. The fraction of sp³-hybridized carbons (Fsp3) is 0.354. The molecule has 2 aromatic carbocycles. The largest absolute Gasteiger partial charge is 0.383 e. The number of aromatic amines is 2. The van der Waals surface area contributed by atoms with E-state index in [1.54, 1.807) is 14.2 Å². The first-order chi connectivity index (χ1) is 32.1. The third-order valence-corrected chi connectivity index (χ3v) is 12.4. The van der Waals surface area contributed by atoms with Crippen LogP contribution >= 0.6 is 0 Å². The Morgan fingerprint density at radius 1 is 0.631 bits per heavy atom. The number of nitrogens with zero attached hydrogens (tertiary/aromatic N) is 10. The van der Waals surface area contributed by atoms with Crippen LogP contribution in [-0.4, -0.2) is 103 Å². The Kier molecular flexibility index (Phi) is 12.7. The molecule has 11 rings (SSSR count). The van der Waals surface area contributed by atoms with E-state index in [1.807, 2.05) is 66.9 Å². The average Bonchev–Trinajstić information content (AvgIpc) is 4.22. The van der Waals surface area contributed by atoms with Gasteiger partial charge in [0.2, 0.25) is 11.9 Å². The lowest BCUT2D eigenvalue weighted by molar-refractivity contribution is 0.180. The normalized spacial score (nSPS) is 17.8. The predicted octanol–water partition coefficient (Wildman–Crippen LogP) is 6.97. The van der Waals surface area contributed by atoms with Crippen LogP contribution in [0.5, 0.6) is 0 Å². The second-order valence-electron chi connectivity index (χ2n) is 16.9. The SMILES string of the molecule is COC[C@@H]1CCCN1c1nc(Nc2n[nH]c3c2CN(Cc2ccccn2)C3)cc(-c2ccccc2)n1.COC[C@@H]1CCCN1c1nc(Nc2n[nH]c3c2CNC3)cc(-c2ccccc2)n1. The van der Waals surface area contributed by atoms with Gasteiger partial charge in [0, 0.05) is 101 Å². The van der Waals surface area contributed by atoms with Crippen LogP contribution in [0.1, 0.15) is 53.9 Å². The van der Waals surface area contributed by atoms with Gasteiger partial charge >= 0.3 is 0 Å². The molecule has 17 heteroatoms. The molecule has 0 aliphatic carbocycles. The first-order valence-corrected chi connectivity index (χ1v) is 22.5. The molecule has 5 N–H and O–H groups in total. The Morgan fingerprint density at radius 3 is 1.77 bits per heavy atom. The minimum atomic E-state index is 0.281. The molecule has 0 spiro atoms. The van der Waals surface area contributed by atoms with Gasteiger partial charge in [0.15, 0.2) is 11.6 Å². The average molecular weight is 874 g/mol. The van der Waals surface area contributed by atoms with Gasteiger partial charge in [-0.15, -0.1) is 0 Å². The molecule has 0 saturated carbocycles. The molecule has 0 amide bonds. The zero-order chi connectivity index (χ0) is 44.0. The summed E-state index contributed by atoms with van der Waals surface area (Å²) in [7, 11) is 3.50. The summed E-state index contributed by atoms with van der Waals surface area (Å²) in [6.45, 7) is 7.25. The highest BCUT2D eigenvalue weighted by Gasteiger charge is 2.30. The van der Waals surface area contributed by atoms with Crippen molar-refractivity contribution in [2.24, 2.45) is 0 Å². The topological polar surface area (TPSA) is 186 Å². The van der Waals surface area contributed by atoms with Gasteiger partial charge < -0.3 is 35.2 Å². The summed E-state index contributed by atoms with van der Waals surface area (Å²) in [5.41, 5.74) is 9.57. The second kappa shape index (κ2) is 19.5. The lowest BCUT2D eigenvalue weighted by Crippen LogP contribution is -2.34. The number of fused-ring (bicyclic) bond motifs is 2. The van der Waals surface area contributed by atoms with Crippen molar-refractivity contribution in [3.63, 3.8) is 0 Å². The molecule has 9 heterocycles. The molecule has 0 radical (unpaired) electrons. The zero-order valence-electron chi connectivity index (χ0n) is 36.9. The van der Waals surface area contributed by atoms with E-state index >= 15 is 0 Å². The first kappa shape index (κ1) is 42.2. The van der Waals surface area contributed by atoms with E-state index in [9.17, 15) is 0 Å². The van der Waals surface area contributed by atoms with E-state index in [0.29, 0.717) is 19.3 Å². The summed E-state index contributed by atoms with van der Waals surface area (Å²) in [6, 6.07) is 31.1. The van der Waals surface area contributed by atoms with Gasteiger partial charge in [-0.05, 0) is 37.8 Å². The van der Waals surface area contributed by atoms with E-state index in [-0.39, 0.29) is 6.04 Å². The van der Waals surface area contributed by atoms with Crippen LogP contribution in [0.25, 0.3) is 22.5 Å². The van der Waals surface area contributed by atoms with E-state index in [0.717, 1.165) is 146 Å². The lowest BCUT2D eigenvalue weighted by Gasteiger charge is -2.25. The fourth-order valence-corrected chi connectivity index (χ4v) is 9.23. The number of ether oxygens (including phenoxy) is 2. The quantitative estimate of drug-likeness (QED) is 0.0754. The number of benzene rings is 2. The molecular weight excluding hydrogens is 819 g/mol. The van der Waals surface area contributed by atoms with E-state index in [1.165, 1.54) is 11.1 Å². The van der Waals surface area contributed by atoms with Gasteiger partial charge in [0.25, 0.3) is 0 Å². The molecule has 4 aliphatic rings. The van der Waals surface area contributed by atoms with Crippen molar-refractivity contribution in [2.45, 2.75) is 70.5 Å². The van der Waals surface area contributed by atoms with Crippen LogP contribution in [0.15, 0.2) is 97.2 Å². The highest BCUT2D eigenvalue weighted by molar-refractivity contribution is 5.69. The number of aromatic nitrogens is 9. The molecule has 0 unspecified atom stereocenters. The molecule has 65 heavy (non-hydrogen) atoms. The number of anilines is 6. The lowest BCUT2D eigenvalue weighted by atomic mass is 10.1. The first-order valence-electron chi connectivity index (χ1n) is 22.5. The van der Waals surface area contributed by atoms with Crippen molar-refractivity contribution in [3.05, 3.63) is 125 Å². The van der Waals surface area contributed by atoms with Crippen molar-refractivity contribution in [1.82, 2.24) is 55.5 Å². The van der Waals surface area contributed by atoms with Crippen LogP contribution in [-0.2, 0) is 42.2 Å². The number of nitrogens with one attached hydrogen (secondary N) is 5. The number of methoxy groups -OCH3 is 2. The summed E-state index contributed by atoms with van der Waals surface area (Å²) < 4.78 is 10.9. The Hall–Kier alpha value is -6.79. The molecule has 5 aromatic heterocycles. The number of H-pyrrole nitrogens is 2. The second-order valence-corrected chi connectivity index (χ2v) is 16.9. The molecule has 7 aromatic rings. The molecule has 17 nitrogen and oxygen atoms in total. The van der Waals surface area contributed by atoms with Crippen LogP contribution in [0.3, 0.4) is 0 Å². The highest BCUT2D eigenvalue weighted by Crippen LogP contribution is 2.34. The van der Waals surface area contributed by atoms with E-state index < -0.39 is 0 Å². The monoisotopic (exact) mass is 873 g/mol. The maximum atomic E-state index is 5.47. The van der Waals surface area contributed by atoms with Crippen LogP contribution in [0.2, 0.25) is 0 Å². The van der Waals surface area contributed by atoms with Crippen molar-refractivity contribution >= 4 is 35.2 Å². The number of rotatable bonds is 14. The number of pyridine rings is 1. The molecular formula is C48H55N15O2. The third-order valence-electron chi connectivity index (χ3n) is 12.4. The third kappa shape index (κ3) is 9.54. The summed E-state index contributed by atoms with van der Waals surface area (Å²) in [6.07, 6.45) is 6.24. The summed E-state index contributed by atoms with van der Waals surface area (Å²) in [5, 5.41) is 25.6. The molecule has 2 fully saturated rings. The molecule has 2 saturated heterocycles. The van der Waals surface area contributed by atoms with E-state index in [4.69, 9.17) is 29.4 Å². The van der Waals surface area contributed by atoms with Crippen LogP contribution in [0, 0.1) is 0 Å². The fourth-order valence-electron chi connectivity index (χ4n) is 9.23. The Morgan fingerprint density at radius 2 is 1.20 bits per heavy atom. The smallest absolute Gasteiger partial charge is 0.228 e. The van der Waals surface area contributed by atoms with Crippen molar-refractivity contribution in [3.8, 4) is 22.5 Å². The standard InChI is InChI=1S/C27H30N8O.C21H25N7O/c1-36-18-21-11-7-13-35(21)27-29-23(19-8-3-2-4-9-19)14-25(31-27)30-26-22-16-34(17-24(22)32-33-26)15-20-10-5-6-12-28-20;1-29-13-15-8-5-9-28(15)21-23-17(14-6-3-2-4-7-14)10-19(25-21)24-20-16-11-22-12-18(16)26-27-20/h2-6,8-10,12,14,21H,7,11,13,15-18H2,1H3,(H2,29,30,31,32,33);2-4,6-7,10,15,22H,5,8-9,11-13H2,1H3,(H2,23,24,25,26,27)/t21-;15-/m00/s1. The Bertz CT molecular complexity index is 2660. The predicted molar refractivity (Wildman–Crippen MR) is 251 cm³/mol. The van der Waals surface area contributed by atoms with Crippen LogP contribution in [0.4, 0.5) is 35.2 Å². The Labute approximate surface area is 378 Å². The summed E-state index contributed by atoms with van der Waals surface area (Å²) >= 11 is 0. The molecule has 0 bridgehead atoms. The summed E-state index contributed by atoms with van der Waals surface area (Å²) in [5.74, 6) is 4.58. The van der Waals surface area contributed by atoms with Gasteiger partial charge in [-0.2, -0.15) is 20.2 Å². The van der Waals surface area contributed by atoms with Gasteiger partial charge in [0.05, 0.1) is 53.8 Å². The molecule has 4 aliphatic heterocycles. The molecule has 334 valence electrons. The minimum absolute atomic E-state index is 0.281. The van der Waals surface area contributed by atoms with Gasteiger partial charge in [-0.3, -0.25) is 20.1 Å². The van der Waals surface area contributed by atoms with Crippen molar-refractivity contribution < 1.29 is 9.47 Å². The van der Waals surface area contributed by atoms with Gasteiger partial charge in [-0.25, -0.2) is 9.97 Å². The minimum Gasteiger partial charge on any atom is -0.383 e. The maximum Gasteiger partial charge on any atom is 0.228 e. The molecule has 2 atom stereocenters. The highest BCUT2D eigenvalue weighted by atomic mass is 16.5.